The number of benzene rings is 1. The zero-order chi connectivity index (χ0) is 13.8. The van der Waals surface area contributed by atoms with Gasteiger partial charge in [0.1, 0.15) is 5.03 Å². The molecular formula is C14H17N3OS. The molecule has 1 unspecified atom stereocenters. The molecule has 2 rings (SSSR count). The fourth-order valence-electron chi connectivity index (χ4n) is 1.70. The molecule has 5 heteroatoms. The molecule has 0 aliphatic heterocycles. The van der Waals surface area contributed by atoms with Crippen LogP contribution in [0.15, 0.2) is 40.5 Å². The molecule has 1 atom stereocenters. The summed E-state index contributed by atoms with van der Waals surface area (Å²) in [5.41, 5.74) is 7.36. The number of thioether (sulfide) groups is 1. The summed E-state index contributed by atoms with van der Waals surface area (Å²) in [4.78, 5) is 4.62. The van der Waals surface area contributed by atoms with Crippen LogP contribution in [-0.2, 0) is 0 Å². The highest BCUT2D eigenvalue weighted by Crippen LogP contribution is 2.29. The molecule has 0 spiro atoms. The van der Waals surface area contributed by atoms with Crippen molar-refractivity contribution in [1.29, 1.82) is 0 Å². The molecule has 0 aliphatic rings. The van der Waals surface area contributed by atoms with Crippen LogP contribution in [0.5, 0.6) is 0 Å². The Morgan fingerprint density at radius 1 is 1.47 bits per heavy atom. The maximum atomic E-state index is 8.90. The lowest BCUT2D eigenvalue weighted by atomic mass is 10.1. The van der Waals surface area contributed by atoms with E-state index in [1.807, 2.05) is 30.3 Å². The van der Waals surface area contributed by atoms with Crippen molar-refractivity contribution in [3.05, 3.63) is 35.9 Å². The molecule has 0 amide bonds. The van der Waals surface area contributed by atoms with Gasteiger partial charge in [0.25, 0.3) is 0 Å². The van der Waals surface area contributed by atoms with E-state index in [9.17, 15) is 0 Å². The first-order valence-electron chi connectivity index (χ1n) is 6.20. The zero-order valence-corrected chi connectivity index (χ0v) is 11.8. The number of amidine groups is 1. The van der Waals surface area contributed by atoms with Gasteiger partial charge in [0.2, 0.25) is 0 Å². The molecule has 19 heavy (non-hydrogen) atoms. The van der Waals surface area contributed by atoms with E-state index in [1.54, 1.807) is 11.8 Å². The zero-order valence-electron chi connectivity index (χ0n) is 11.0. The molecule has 3 N–H and O–H groups in total. The number of aromatic nitrogens is 1. The molecule has 1 aromatic heterocycles. The van der Waals surface area contributed by atoms with Crippen molar-refractivity contribution >= 4 is 28.5 Å². The smallest absolute Gasteiger partial charge is 0.172 e. The Morgan fingerprint density at radius 3 is 2.89 bits per heavy atom. The predicted molar refractivity (Wildman–Crippen MR) is 79.9 cm³/mol. The quantitative estimate of drug-likeness (QED) is 0.295. The van der Waals surface area contributed by atoms with E-state index in [4.69, 9.17) is 10.9 Å². The minimum atomic E-state index is 0.101. The van der Waals surface area contributed by atoms with E-state index < -0.39 is 0 Å². The second-order valence-electron chi connectivity index (χ2n) is 4.36. The van der Waals surface area contributed by atoms with Crippen molar-refractivity contribution in [3.63, 3.8) is 0 Å². The lowest BCUT2D eigenvalue weighted by Gasteiger charge is -2.12. The number of fused-ring (bicyclic) bond motifs is 1. The molecule has 100 valence electrons. The van der Waals surface area contributed by atoms with Crippen LogP contribution in [0, 0.1) is 0 Å². The Kier molecular flexibility index (Phi) is 4.27. The summed E-state index contributed by atoms with van der Waals surface area (Å²) in [5.74, 6) is 0.101. The minimum absolute atomic E-state index is 0.101. The van der Waals surface area contributed by atoms with Crippen LogP contribution in [0.3, 0.4) is 0 Å². The van der Waals surface area contributed by atoms with E-state index in [-0.39, 0.29) is 5.84 Å². The fourth-order valence-corrected chi connectivity index (χ4v) is 2.69. The Morgan fingerprint density at radius 2 is 2.21 bits per heavy atom. The van der Waals surface area contributed by atoms with Crippen LogP contribution < -0.4 is 5.73 Å². The summed E-state index contributed by atoms with van der Waals surface area (Å²) in [5, 5.41) is 14.2. The van der Waals surface area contributed by atoms with Crippen LogP contribution in [0.2, 0.25) is 0 Å². The molecule has 1 heterocycles. The lowest BCUT2D eigenvalue weighted by Crippen LogP contribution is -2.15. The van der Waals surface area contributed by atoms with Crippen molar-refractivity contribution < 1.29 is 5.21 Å². The average molecular weight is 275 g/mol. The van der Waals surface area contributed by atoms with Crippen molar-refractivity contribution in [2.24, 2.45) is 10.9 Å². The molecule has 0 aliphatic carbocycles. The molecule has 2 aromatic rings. The Labute approximate surface area is 116 Å². The molecule has 0 saturated carbocycles. The van der Waals surface area contributed by atoms with E-state index in [0.717, 1.165) is 22.3 Å². The summed E-state index contributed by atoms with van der Waals surface area (Å²) < 4.78 is 0. The molecule has 0 saturated heterocycles. The normalized spacial score (nSPS) is 13.7. The number of nitrogens with two attached hydrogens (primary N) is 1. The largest absolute Gasteiger partial charge is 0.409 e. The van der Waals surface area contributed by atoms with Gasteiger partial charge in [-0.25, -0.2) is 4.98 Å². The predicted octanol–water partition coefficient (Wildman–Crippen LogP) is 3.22. The van der Waals surface area contributed by atoms with Gasteiger partial charge in [-0.15, -0.1) is 11.8 Å². The maximum absolute atomic E-state index is 8.90. The molecule has 0 bridgehead atoms. The molecule has 0 fully saturated rings. The second kappa shape index (κ2) is 5.93. The summed E-state index contributed by atoms with van der Waals surface area (Å²) in [7, 11) is 0. The maximum Gasteiger partial charge on any atom is 0.172 e. The van der Waals surface area contributed by atoms with Gasteiger partial charge in [0.15, 0.2) is 5.84 Å². The van der Waals surface area contributed by atoms with E-state index in [2.05, 4.69) is 24.0 Å². The van der Waals surface area contributed by atoms with Gasteiger partial charge >= 0.3 is 0 Å². The fraction of sp³-hybridized carbons (Fsp3) is 0.286. The summed E-state index contributed by atoms with van der Waals surface area (Å²) >= 11 is 1.65. The lowest BCUT2D eigenvalue weighted by molar-refractivity contribution is 0.318. The molecule has 4 nitrogen and oxygen atoms in total. The highest BCUT2D eigenvalue weighted by Gasteiger charge is 2.13. The molecule has 0 radical (unpaired) electrons. The van der Waals surface area contributed by atoms with Crippen LogP contribution in [0.1, 0.15) is 25.8 Å². The number of oxime groups is 1. The minimum Gasteiger partial charge on any atom is -0.409 e. The Balaban J connectivity index is 2.57. The third-order valence-corrected chi connectivity index (χ3v) is 4.23. The van der Waals surface area contributed by atoms with Gasteiger partial charge in [-0.1, -0.05) is 37.2 Å². The van der Waals surface area contributed by atoms with Crippen LogP contribution in [0.25, 0.3) is 10.9 Å². The number of hydrogen-bond donors (Lipinski definition) is 2. The standard InChI is InChI=1S/C14H17N3OS/c1-3-9(2)19-14-11(13(15)17-18)8-10-6-4-5-7-12(10)16-14/h4-9,18H,3H2,1-2H3,(H2,15,17). The summed E-state index contributed by atoms with van der Waals surface area (Å²) in [6.07, 6.45) is 1.04. The topological polar surface area (TPSA) is 71.5 Å². The first kappa shape index (κ1) is 13.7. The van der Waals surface area contributed by atoms with Crippen LogP contribution >= 0.6 is 11.8 Å². The molecule has 1 aromatic carbocycles. The highest BCUT2D eigenvalue weighted by atomic mass is 32.2. The van der Waals surface area contributed by atoms with Gasteiger partial charge in [0, 0.05) is 10.6 Å². The Hall–Kier alpha value is -1.75. The summed E-state index contributed by atoms with van der Waals surface area (Å²) in [6.45, 7) is 4.26. The van der Waals surface area contributed by atoms with Crippen LogP contribution in [0.4, 0.5) is 0 Å². The third kappa shape index (κ3) is 2.98. The number of para-hydroxylation sites is 1. The van der Waals surface area contributed by atoms with E-state index >= 15 is 0 Å². The van der Waals surface area contributed by atoms with Gasteiger partial charge < -0.3 is 10.9 Å². The van der Waals surface area contributed by atoms with Crippen molar-refractivity contribution in [3.8, 4) is 0 Å². The Bertz CT molecular complexity index is 613. The van der Waals surface area contributed by atoms with E-state index in [0.29, 0.717) is 10.8 Å². The van der Waals surface area contributed by atoms with Gasteiger partial charge in [-0.05, 0) is 18.6 Å². The first-order valence-corrected chi connectivity index (χ1v) is 7.08. The van der Waals surface area contributed by atoms with Crippen LogP contribution in [-0.4, -0.2) is 21.3 Å². The number of hydrogen-bond acceptors (Lipinski definition) is 4. The number of nitrogens with zero attached hydrogens (tertiary/aromatic N) is 2. The SMILES string of the molecule is CCC(C)Sc1nc2ccccc2cc1C(N)=NO. The van der Waals surface area contributed by atoms with Gasteiger partial charge in [-0.3, -0.25) is 0 Å². The number of pyridine rings is 1. The van der Waals surface area contributed by atoms with Gasteiger partial charge in [-0.2, -0.15) is 0 Å². The highest BCUT2D eigenvalue weighted by molar-refractivity contribution is 7.99. The van der Waals surface area contributed by atoms with Gasteiger partial charge in [0.05, 0.1) is 11.1 Å². The second-order valence-corrected chi connectivity index (χ2v) is 5.78. The van der Waals surface area contributed by atoms with Crippen molar-refractivity contribution in [2.45, 2.75) is 30.5 Å². The first-order chi connectivity index (χ1) is 9.15. The summed E-state index contributed by atoms with van der Waals surface area (Å²) in [6, 6.07) is 9.75. The van der Waals surface area contributed by atoms with Crippen molar-refractivity contribution in [2.75, 3.05) is 0 Å². The third-order valence-electron chi connectivity index (χ3n) is 2.96. The monoisotopic (exact) mass is 275 g/mol. The van der Waals surface area contributed by atoms with E-state index in [1.165, 1.54) is 0 Å². The molecular weight excluding hydrogens is 258 g/mol. The average Bonchev–Trinajstić information content (AvgIpc) is 2.45. The number of rotatable bonds is 4. The van der Waals surface area contributed by atoms with Crippen molar-refractivity contribution in [1.82, 2.24) is 4.98 Å².